The molecule has 0 amide bonds. The fourth-order valence-electron chi connectivity index (χ4n) is 1.79. The van der Waals surface area contributed by atoms with E-state index >= 15 is 0 Å². The summed E-state index contributed by atoms with van der Waals surface area (Å²) in [5.41, 5.74) is 5.18. The van der Waals surface area contributed by atoms with Crippen molar-refractivity contribution < 1.29 is 22.3 Å². The van der Waals surface area contributed by atoms with Crippen LogP contribution in [0.4, 0.5) is 17.6 Å². The van der Waals surface area contributed by atoms with Gasteiger partial charge in [0.2, 0.25) is 0 Å². The van der Waals surface area contributed by atoms with Gasteiger partial charge in [-0.2, -0.15) is 13.2 Å². The number of hydrogen-bond acceptors (Lipinski definition) is 2. The molecule has 2 nitrogen and oxygen atoms in total. The van der Waals surface area contributed by atoms with E-state index in [-0.39, 0.29) is 11.8 Å². The normalized spacial score (nSPS) is 13.0. The van der Waals surface area contributed by atoms with Crippen LogP contribution in [-0.4, -0.2) is 0 Å². The number of nitrogens with two attached hydrogens (primary N) is 1. The topological polar surface area (TPSA) is 35.2 Å². The van der Waals surface area contributed by atoms with Crippen molar-refractivity contribution in [2.45, 2.75) is 19.1 Å². The molecule has 0 radical (unpaired) electrons. The van der Waals surface area contributed by atoms with Crippen LogP contribution in [0, 0.1) is 5.82 Å². The molecule has 0 saturated heterocycles. The maximum absolute atomic E-state index is 13.9. The molecular formula is C15H13F4NO. The van der Waals surface area contributed by atoms with Crippen LogP contribution < -0.4 is 10.5 Å². The van der Waals surface area contributed by atoms with Crippen LogP contribution in [-0.2, 0) is 6.18 Å². The standard InChI is InChI=1S/C15H13F4NO/c1-9(20)10-6-7-14(12(16)8-10)21-13-5-3-2-4-11(13)15(17,18)19/h2-9H,20H2,1H3/t9-/m1/s1. The molecular weight excluding hydrogens is 286 g/mol. The third kappa shape index (κ3) is 3.52. The molecule has 2 N–H and O–H groups in total. The van der Waals surface area contributed by atoms with E-state index in [1.54, 1.807) is 6.92 Å². The molecule has 0 aliphatic rings. The number of benzene rings is 2. The maximum Gasteiger partial charge on any atom is 0.419 e. The van der Waals surface area contributed by atoms with E-state index in [0.717, 1.165) is 18.2 Å². The first-order valence-corrected chi connectivity index (χ1v) is 6.18. The molecule has 0 bridgehead atoms. The van der Waals surface area contributed by atoms with Gasteiger partial charge in [0.25, 0.3) is 0 Å². The number of hydrogen-bond donors (Lipinski definition) is 1. The Bertz CT molecular complexity index is 638. The molecule has 0 fully saturated rings. The minimum absolute atomic E-state index is 0.281. The lowest BCUT2D eigenvalue weighted by Gasteiger charge is -2.14. The molecule has 6 heteroatoms. The lowest BCUT2D eigenvalue weighted by Crippen LogP contribution is -2.08. The molecule has 0 aromatic heterocycles. The average molecular weight is 299 g/mol. The van der Waals surface area contributed by atoms with Gasteiger partial charge in [0.1, 0.15) is 5.75 Å². The fraction of sp³-hybridized carbons (Fsp3) is 0.200. The molecule has 2 rings (SSSR count). The van der Waals surface area contributed by atoms with E-state index < -0.39 is 23.3 Å². The van der Waals surface area contributed by atoms with Gasteiger partial charge in [0.05, 0.1) is 5.56 Å². The first kappa shape index (κ1) is 15.3. The van der Waals surface area contributed by atoms with Crippen LogP contribution >= 0.6 is 0 Å². The van der Waals surface area contributed by atoms with Gasteiger partial charge in [-0.1, -0.05) is 18.2 Å². The number of halogens is 4. The van der Waals surface area contributed by atoms with Gasteiger partial charge in [-0.3, -0.25) is 0 Å². The smallest absolute Gasteiger partial charge is 0.419 e. The number of rotatable bonds is 3. The van der Waals surface area contributed by atoms with Gasteiger partial charge in [-0.05, 0) is 36.8 Å². The zero-order chi connectivity index (χ0) is 15.6. The summed E-state index contributed by atoms with van der Waals surface area (Å²) >= 11 is 0. The van der Waals surface area contributed by atoms with Crippen LogP contribution in [0.3, 0.4) is 0 Å². The molecule has 2 aromatic carbocycles. The van der Waals surface area contributed by atoms with E-state index in [4.69, 9.17) is 10.5 Å². The van der Waals surface area contributed by atoms with Crippen molar-refractivity contribution in [3.05, 3.63) is 59.4 Å². The van der Waals surface area contributed by atoms with Crippen molar-refractivity contribution in [3.8, 4) is 11.5 Å². The molecule has 0 aliphatic heterocycles. The van der Waals surface area contributed by atoms with E-state index in [1.165, 1.54) is 24.3 Å². The van der Waals surface area contributed by atoms with Gasteiger partial charge < -0.3 is 10.5 Å². The van der Waals surface area contributed by atoms with E-state index in [9.17, 15) is 17.6 Å². The quantitative estimate of drug-likeness (QED) is 0.837. The third-order valence-corrected chi connectivity index (χ3v) is 2.89. The predicted octanol–water partition coefficient (Wildman–Crippen LogP) is 4.66. The van der Waals surface area contributed by atoms with Crippen LogP contribution in [0.1, 0.15) is 24.1 Å². The molecule has 0 spiro atoms. The molecule has 0 saturated carbocycles. The van der Waals surface area contributed by atoms with Crippen molar-refractivity contribution in [1.82, 2.24) is 0 Å². The SMILES string of the molecule is C[C@@H](N)c1ccc(Oc2ccccc2C(F)(F)F)c(F)c1. The molecule has 2 aromatic rings. The Labute approximate surface area is 119 Å². The van der Waals surface area contributed by atoms with Crippen molar-refractivity contribution in [3.63, 3.8) is 0 Å². The Morgan fingerprint density at radius 2 is 1.71 bits per heavy atom. The predicted molar refractivity (Wildman–Crippen MR) is 70.5 cm³/mol. The first-order chi connectivity index (χ1) is 9.79. The van der Waals surface area contributed by atoms with Crippen molar-refractivity contribution in [1.29, 1.82) is 0 Å². The third-order valence-electron chi connectivity index (χ3n) is 2.89. The summed E-state index contributed by atoms with van der Waals surface area (Å²) in [5.74, 6) is -1.49. The Morgan fingerprint density at radius 1 is 1.05 bits per heavy atom. The summed E-state index contributed by atoms with van der Waals surface area (Å²) in [7, 11) is 0. The number of alkyl halides is 3. The number of ether oxygens (including phenoxy) is 1. The van der Waals surface area contributed by atoms with E-state index in [2.05, 4.69) is 0 Å². The molecule has 1 atom stereocenters. The Hall–Kier alpha value is -2.08. The largest absolute Gasteiger partial charge is 0.454 e. The lowest BCUT2D eigenvalue weighted by atomic mass is 10.1. The first-order valence-electron chi connectivity index (χ1n) is 6.18. The van der Waals surface area contributed by atoms with Crippen LogP contribution in [0.25, 0.3) is 0 Å². The van der Waals surface area contributed by atoms with Crippen molar-refractivity contribution in [2.75, 3.05) is 0 Å². The minimum Gasteiger partial charge on any atom is -0.454 e. The minimum atomic E-state index is -4.57. The zero-order valence-electron chi connectivity index (χ0n) is 11.1. The van der Waals surface area contributed by atoms with Crippen molar-refractivity contribution >= 4 is 0 Å². The van der Waals surface area contributed by atoms with Gasteiger partial charge >= 0.3 is 6.18 Å². The van der Waals surface area contributed by atoms with E-state index in [1.807, 2.05) is 0 Å². The molecule has 0 heterocycles. The second kappa shape index (κ2) is 5.73. The molecule has 112 valence electrons. The van der Waals surface area contributed by atoms with Gasteiger partial charge in [0.15, 0.2) is 11.6 Å². The van der Waals surface area contributed by atoms with E-state index in [0.29, 0.717) is 5.56 Å². The highest BCUT2D eigenvalue weighted by atomic mass is 19.4. The average Bonchev–Trinajstić information content (AvgIpc) is 2.40. The summed E-state index contributed by atoms with van der Waals surface area (Å²) in [6, 6.07) is 8.20. The van der Waals surface area contributed by atoms with Gasteiger partial charge in [-0.25, -0.2) is 4.39 Å². The number of para-hydroxylation sites is 1. The highest BCUT2D eigenvalue weighted by Crippen LogP contribution is 2.38. The molecule has 21 heavy (non-hydrogen) atoms. The lowest BCUT2D eigenvalue weighted by molar-refractivity contribution is -0.138. The highest BCUT2D eigenvalue weighted by molar-refractivity contribution is 5.40. The fourth-order valence-corrected chi connectivity index (χ4v) is 1.79. The Morgan fingerprint density at radius 3 is 2.29 bits per heavy atom. The second-order valence-corrected chi connectivity index (χ2v) is 4.57. The summed E-state index contributed by atoms with van der Waals surface area (Å²) in [6.45, 7) is 1.67. The van der Waals surface area contributed by atoms with Crippen LogP contribution in [0.15, 0.2) is 42.5 Å². The van der Waals surface area contributed by atoms with Gasteiger partial charge in [0, 0.05) is 6.04 Å². The Balaban J connectivity index is 2.35. The van der Waals surface area contributed by atoms with Crippen LogP contribution in [0.5, 0.6) is 11.5 Å². The second-order valence-electron chi connectivity index (χ2n) is 4.57. The summed E-state index contributed by atoms with van der Waals surface area (Å²) in [6.07, 6.45) is -4.57. The van der Waals surface area contributed by atoms with Crippen molar-refractivity contribution in [2.24, 2.45) is 5.73 Å². The summed E-state index contributed by atoms with van der Waals surface area (Å²) in [5, 5.41) is 0. The summed E-state index contributed by atoms with van der Waals surface area (Å²) in [4.78, 5) is 0. The molecule has 0 aliphatic carbocycles. The Kier molecular flexibility index (Phi) is 4.18. The monoisotopic (exact) mass is 299 g/mol. The molecule has 0 unspecified atom stereocenters. The maximum atomic E-state index is 13.9. The zero-order valence-corrected chi connectivity index (χ0v) is 11.1. The van der Waals surface area contributed by atoms with Crippen LogP contribution in [0.2, 0.25) is 0 Å². The highest BCUT2D eigenvalue weighted by Gasteiger charge is 2.34. The van der Waals surface area contributed by atoms with Gasteiger partial charge in [-0.15, -0.1) is 0 Å². The summed E-state index contributed by atoms with van der Waals surface area (Å²) < 4.78 is 57.4.